The molecule has 0 bridgehead atoms. The van der Waals surface area contributed by atoms with E-state index >= 15 is 0 Å². The first-order valence-corrected chi connectivity index (χ1v) is 6.99. The molecule has 0 saturated carbocycles. The lowest BCUT2D eigenvalue weighted by molar-refractivity contribution is 0.0753. The van der Waals surface area contributed by atoms with Gasteiger partial charge in [-0.25, -0.2) is 0 Å². The molecule has 1 aliphatic rings. The number of nitriles is 1. The Morgan fingerprint density at radius 2 is 2.06 bits per heavy atom. The molecule has 0 aliphatic carbocycles. The normalized spacial score (nSPS) is 23.5. The molecule has 2 atom stereocenters. The predicted octanol–water partition coefficient (Wildman–Crippen LogP) is 2.52. The number of benzene rings is 1. The van der Waals surface area contributed by atoms with Crippen LogP contribution >= 0.6 is 11.8 Å². The number of hydrogen-bond acceptors (Lipinski definition) is 3. The van der Waals surface area contributed by atoms with E-state index in [2.05, 4.69) is 19.9 Å². The number of hydrogen-bond donors (Lipinski definition) is 0. The number of carbonyl (C=O) groups is 1. The highest BCUT2D eigenvalue weighted by Gasteiger charge is 2.26. The van der Waals surface area contributed by atoms with Gasteiger partial charge in [0, 0.05) is 29.2 Å². The summed E-state index contributed by atoms with van der Waals surface area (Å²) in [6.45, 7) is 5.86. The third-order valence-corrected chi connectivity index (χ3v) is 4.17. The second kappa shape index (κ2) is 5.45. The number of carbonyl (C=O) groups excluding carboxylic acids is 1. The van der Waals surface area contributed by atoms with Crippen LogP contribution in [0.5, 0.6) is 0 Å². The molecular weight excluding hydrogens is 244 g/mol. The molecule has 4 heteroatoms. The van der Waals surface area contributed by atoms with E-state index in [9.17, 15) is 4.79 Å². The van der Waals surface area contributed by atoms with Crippen LogP contribution in [-0.4, -0.2) is 34.4 Å². The number of thioether (sulfide) groups is 1. The summed E-state index contributed by atoms with van der Waals surface area (Å²) in [5, 5.41) is 9.80. The molecule has 0 radical (unpaired) electrons. The fraction of sp³-hybridized carbons (Fsp3) is 0.429. The smallest absolute Gasteiger partial charge is 0.253 e. The standard InChI is InChI=1S/C14H16N2OS/c1-10-8-16(9-11(2)18-10)14(17)13-5-3-4-12(6-13)7-15/h3-6,10-11H,8-9H2,1-2H3. The fourth-order valence-corrected chi connectivity index (χ4v) is 3.57. The molecule has 94 valence electrons. The lowest BCUT2D eigenvalue weighted by Gasteiger charge is -2.34. The van der Waals surface area contributed by atoms with E-state index in [1.807, 2.05) is 16.7 Å². The monoisotopic (exact) mass is 260 g/mol. The molecule has 1 heterocycles. The predicted molar refractivity (Wildman–Crippen MR) is 73.6 cm³/mol. The van der Waals surface area contributed by atoms with Gasteiger partial charge < -0.3 is 4.90 Å². The van der Waals surface area contributed by atoms with E-state index in [-0.39, 0.29) is 5.91 Å². The molecule has 3 nitrogen and oxygen atoms in total. The lowest BCUT2D eigenvalue weighted by Crippen LogP contribution is -2.44. The van der Waals surface area contributed by atoms with Crippen molar-refractivity contribution < 1.29 is 4.79 Å². The molecule has 0 N–H and O–H groups in total. The zero-order valence-corrected chi connectivity index (χ0v) is 11.4. The summed E-state index contributed by atoms with van der Waals surface area (Å²) in [7, 11) is 0. The minimum absolute atomic E-state index is 0.0334. The first kappa shape index (κ1) is 13.0. The van der Waals surface area contributed by atoms with Gasteiger partial charge in [0.2, 0.25) is 0 Å². The topological polar surface area (TPSA) is 44.1 Å². The van der Waals surface area contributed by atoms with Crippen LogP contribution in [0.3, 0.4) is 0 Å². The maximum absolute atomic E-state index is 12.4. The van der Waals surface area contributed by atoms with E-state index in [0.29, 0.717) is 21.6 Å². The van der Waals surface area contributed by atoms with Crippen molar-refractivity contribution in [1.29, 1.82) is 5.26 Å². The SMILES string of the molecule is CC1CN(C(=O)c2cccc(C#N)c2)CC(C)S1. The summed E-state index contributed by atoms with van der Waals surface area (Å²) in [4.78, 5) is 14.3. The van der Waals surface area contributed by atoms with Crippen LogP contribution in [0.2, 0.25) is 0 Å². The highest BCUT2D eigenvalue weighted by atomic mass is 32.2. The van der Waals surface area contributed by atoms with Gasteiger partial charge in [-0.2, -0.15) is 17.0 Å². The van der Waals surface area contributed by atoms with Crippen LogP contribution in [0, 0.1) is 11.3 Å². The van der Waals surface area contributed by atoms with Crippen LogP contribution in [-0.2, 0) is 0 Å². The van der Waals surface area contributed by atoms with Crippen LogP contribution in [0.25, 0.3) is 0 Å². The quantitative estimate of drug-likeness (QED) is 0.779. The Labute approximate surface area is 112 Å². The molecule has 1 saturated heterocycles. The third-order valence-electron chi connectivity index (χ3n) is 2.95. The van der Waals surface area contributed by atoms with Gasteiger partial charge in [-0.1, -0.05) is 19.9 Å². The van der Waals surface area contributed by atoms with E-state index in [0.717, 1.165) is 13.1 Å². The van der Waals surface area contributed by atoms with Crippen LogP contribution in [0.1, 0.15) is 29.8 Å². The van der Waals surface area contributed by atoms with E-state index in [4.69, 9.17) is 5.26 Å². The van der Waals surface area contributed by atoms with Crippen molar-refractivity contribution in [1.82, 2.24) is 4.90 Å². The summed E-state index contributed by atoms with van der Waals surface area (Å²) in [6.07, 6.45) is 0. The van der Waals surface area contributed by atoms with Gasteiger partial charge in [-0.3, -0.25) is 4.79 Å². The highest BCUT2D eigenvalue weighted by Crippen LogP contribution is 2.25. The summed E-state index contributed by atoms with van der Waals surface area (Å²) in [5.41, 5.74) is 1.15. The van der Waals surface area contributed by atoms with Gasteiger partial charge in [-0.05, 0) is 18.2 Å². The van der Waals surface area contributed by atoms with Gasteiger partial charge in [0.15, 0.2) is 0 Å². The van der Waals surface area contributed by atoms with Crippen LogP contribution < -0.4 is 0 Å². The maximum atomic E-state index is 12.4. The molecule has 1 aromatic rings. The zero-order valence-electron chi connectivity index (χ0n) is 10.6. The van der Waals surface area contributed by atoms with Crippen molar-refractivity contribution >= 4 is 17.7 Å². The van der Waals surface area contributed by atoms with E-state index in [1.165, 1.54) is 0 Å². The Hall–Kier alpha value is -1.47. The molecule has 1 aliphatic heterocycles. The molecule has 1 aromatic carbocycles. The summed E-state index contributed by atoms with van der Waals surface area (Å²) in [6, 6.07) is 8.99. The fourth-order valence-electron chi connectivity index (χ4n) is 2.25. The Kier molecular flexibility index (Phi) is 3.93. The van der Waals surface area contributed by atoms with E-state index in [1.54, 1.807) is 24.3 Å². The summed E-state index contributed by atoms with van der Waals surface area (Å²) < 4.78 is 0. The van der Waals surface area contributed by atoms with Gasteiger partial charge in [0.25, 0.3) is 5.91 Å². The molecule has 1 amide bonds. The van der Waals surface area contributed by atoms with Crippen molar-refractivity contribution in [3.05, 3.63) is 35.4 Å². The molecule has 0 spiro atoms. The van der Waals surface area contributed by atoms with E-state index < -0.39 is 0 Å². The first-order valence-electron chi connectivity index (χ1n) is 6.05. The van der Waals surface area contributed by atoms with Crippen molar-refractivity contribution in [2.45, 2.75) is 24.3 Å². The second-order valence-corrected chi connectivity index (χ2v) is 6.54. The molecule has 18 heavy (non-hydrogen) atoms. The number of amides is 1. The highest BCUT2D eigenvalue weighted by molar-refractivity contribution is 8.00. The Balaban J connectivity index is 2.18. The number of rotatable bonds is 1. The van der Waals surface area contributed by atoms with Gasteiger partial charge in [0.05, 0.1) is 11.6 Å². The van der Waals surface area contributed by atoms with Crippen molar-refractivity contribution in [3.63, 3.8) is 0 Å². The third kappa shape index (κ3) is 2.85. The molecule has 1 fully saturated rings. The minimum Gasteiger partial charge on any atom is -0.336 e. The summed E-state index contributed by atoms with van der Waals surface area (Å²) >= 11 is 1.92. The summed E-state index contributed by atoms with van der Waals surface area (Å²) in [5.74, 6) is 0.0334. The van der Waals surface area contributed by atoms with Gasteiger partial charge >= 0.3 is 0 Å². The Morgan fingerprint density at radius 3 is 2.67 bits per heavy atom. The van der Waals surface area contributed by atoms with Crippen molar-refractivity contribution in [2.75, 3.05) is 13.1 Å². The number of nitrogens with zero attached hydrogens (tertiary/aromatic N) is 2. The molecule has 2 rings (SSSR count). The minimum atomic E-state index is 0.0334. The van der Waals surface area contributed by atoms with Gasteiger partial charge in [0.1, 0.15) is 0 Å². The average molecular weight is 260 g/mol. The zero-order chi connectivity index (χ0) is 13.1. The Bertz CT molecular complexity index is 485. The van der Waals surface area contributed by atoms with Crippen molar-refractivity contribution in [2.24, 2.45) is 0 Å². The second-order valence-electron chi connectivity index (χ2n) is 4.66. The Morgan fingerprint density at radius 1 is 1.39 bits per heavy atom. The lowest BCUT2D eigenvalue weighted by atomic mass is 10.1. The largest absolute Gasteiger partial charge is 0.336 e. The first-order chi connectivity index (χ1) is 8.60. The van der Waals surface area contributed by atoms with Crippen LogP contribution in [0.15, 0.2) is 24.3 Å². The maximum Gasteiger partial charge on any atom is 0.253 e. The van der Waals surface area contributed by atoms with Gasteiger partial charge in [-0.15, -0.1) is 0 Å². The molecular formula is C14H16N2OS. The van der Waals surface area contributed by atoms with Crippen molar-refractivity contribution in [3.8, 4) is 6.07 Å². The van der Waals surface area contributed by atoms with Crippen LogP contribution in [0.4, 0.5) is 0 Å². The molecule has 2 unspecified atom stereocenters. The molecule has 0 aromatic heterocycles. The average Bonchev–Trinajstić information content (AvgIpc) is 2.37.